The maximum absolute atomic E-state index is 12.5. The van der Waals surface area contributed by atoms with E-state index in [1.54, 1.807) is 30.3 Å². The molecule has 2 N–H and O–H groups in total. The average Bonchev–Trinajstić information content (AvgIpc) is 2.64. The third-order valence-electron chi connectivity index (χ3n) is 3.82. The molecule has 0 bridgehead atoms. The van der Waals surface area contributed by atoms with E-state index < -0.39 is 10.0 Å². The number of halogens is 1. The van der Waals surface area contributed by atoms with Crippen LogP contribution in [0.2, 0.25) is 5.02 Å². The standard InChI is InChI=1S/C20H17ClN2O3S/c1-14-5-4-6-16(13-14)22-20(24)15-9-11-17(12-10-15)27(25,26)23-19-8-3-2-7-18(19)21/h2-13,23H,1H3,(H,22,24). The molecule has 0 saturated heterocycles. The monoisotopic (exact) mass is 400 g/mol. The van der Waals surface area contributed by atoms with Gasteiger partial charge in [0.1, 0.15) is 0 Å². The zero-order valence-electron chi connectivity index (χ0n) is 14.4. The Labute approximate surface area is 163 Å². The van der Waals surface area contributed by atoms with Crippen molar-refractivity contribution in [3.8, 4) is 0 Å². The van der Waals surface area contributed by atoms with Gasteiger partial charge in [0.25, 0.3) is 15.9 Å². The summed E-state index contributed by atoms with van der Waals surface area (Å²) in [4.78, 5) is 12.4. The fourth-order valence-corrected chi connectivity index (χ4v) is 3.78. The minimum Gasteiger partial charge on any atom is -0.322 e. The Bertz CT molecular complexity index is 1080. The van der Waals surface area contributed by atoms with Crippen molar-refractivity contribution in [2.75, 3.05) is 10.0 Å². The van der Waals surface area contributed by atoms with E-state index in [1.807, 2.05) is 25.1 Å². The largest absolute Gasteiger partial charge is 0.322 e. The first-order chi connectivity index (χ1) is 12.8. The Kier molecular flexibility index (Phi) is 5.48. The van der Waals surface area contributed by atoms with Crippen molar-refractivity contribution in [3.05, 3.63) is 88.9 Å². The minimum atomic E-state index is -3.81. The molecule has 27 heavy (non-hydrogen) atoms. The molecule has 0 aliphatic heterocycles. The molecule has 0 unspecified atom stereocenters. The number of para-hydroxylation sites is 1. The van der Waals surface area contributed by atoms with Gasteiger partial charge in [0.15, 0.2) is 0 Å². The highest BCUT2D eigenvalue weighted by atomic mass is 35.5. The molecule has 7 heteroatoms. The Balaban J connectivity index is 1.76. The van der Waals surface area contributed by atoms with Gasteiger partial charge in [0, 0.05) is 11.3 Å². The summed E-state index contributed by atoms with van der Waals surface area (Å²) in [7, 11) is -3.81. The number of hydrogen-bond acceptors (Lipinski definition) is 3. The van der Waals surface area contributed by atoms with Crippen LogP contribution >= 0.6 is 11.6 Å². The van der Waals surface area contributed by atoms with Crippen LogP contribution < -0.4 is 10.0 Å². The molecule has 0 aliphatic rings. The van der Waals surface area contributed by atoms with Crippen LogP contribution in [0.1, 0.15) is 15.9 Å². The summed E-state index contributed by atoms with van der Waals surface area (Å²) in [6, 6.07) is 19.7. The number of anilines is 2. The molecule has 3 aromatic carbocycles. The van der Waals surface area contributed by atoms with Gasteiger partial charge in [-0.05, 0) is 61.0 Å². The second-order valence-corrected chi connectivity index (χ2v) is 8.02. The lowest BCUT2D eigenvalue weighted by Crippen LogP contribution is -2.15. The minimum absolute atomic E-state index is 0.0366. The van der Waals surface area contributed by atoms with E-state index in [-0.39, 0.29) is 10.8 Å². The number of sulfonamides is 1. The second kappa shape index (κ2) is 7.82. The summed E-state index contributed by atoms with van der Waals surface area (Å²) < 4.78 is 27.4. The maximum Gasteiger partial charge on any atom is 0.261 e. The van der Waals surface area contributed by atoms with Crippen LogP contribution in [0.15, 0.2) is 77.7 Å². The average molecular weight is 401 g/mol. The number of benzene rings is 3. The molecule has 3 rings (SSSR count). The predicted molar refractivity (Wildman–Crippen MR) is 108 cm³/mol. The number of hydrogen-bond donors (Lipinski definition) is 2. The van der Waals surface area contributed by atoms with Crippen molar-refractivity contribution < 1.29 is 13.2 Å². The van der Waals surface area contributed by atoms with Crippen molar-refractivity contribution in [3.63, 3.8) is 0 Å². The van der Waals surface area contributed by atoms with E-state index in [0.29, 0.717) is 22.0 Å². The van der Waals surface area contributed by atoms with E-state index in [1.165, 1.54) is 24.3 Å². The van der Waals surface area contributed by atoms with Crippen molar-refractivity contribution in [1.82, 2.24) is 0 Å². The Hall–Kier alpha value is -2.83. The molecule has 0 radical (unpaired) electrons. The SMILES string of the molecule is Cc1cccc(NC(=O)c2ccc(S(=O)(=O)Nc3ccccc3Cl)cc2)c1. The summed E-state index contributed by atoms with van der Waals surface area (Å²) in [5.74, 6) is -0.316. The van der Waals surface area contributed by atoms with Gasteiger partial charge in [0.05, 0.1) is 15.6 Å². The van der Waals surface area contributed by atoms with Crippen LogP contribution in [0.5, 0.6) is 0 Å². The molecule has 0 saturated carbocycles. The summed E-state index contributed by atoms with van der Waals surface area (Å²) in [6.07, 6.45) is 0. The summed E-state index contributed by atoms with van der Waals surface area (Å²) in [5.41, 5.74) is 2.35. The van der Waals surface area contributed by atoms with Gasteiger partial charge in [-0.25, -0.2) is 8.42 Å². The lowest BCUT2D eigenvalue weighted by Gasteiger charge is -2.10. The van der Waals surface area contributed by atoms with Crippen molar-refractivity contribution in [1.29, 1.82) is 0 Å². The Morgan fingerprint density at radius 2 is 1.63 bits per heavy atom. The first-order valence-corrected chi connectivity index (χ1v) is 9.97. The molecule has 0 spiro atoms. The van der Waals surface area contributed by atoms with Crippen molar-refractivity contribution >= 4 is 38.9 Å². The fourth-order valence-electron chi connectivity index (χ4n) is 2.46. The number of amides is 1. The maximum atomic E-state index is 12.5. The van der Waals surface area contributed by atoms with Crippen LogP contribution in [0.25, 0.3) is 0 Å². The summed E-state index contributed by atoms with van der Waals surface area (Å²) in [6.45, 7) is 1.93. The Morgan fingerprint density at radius 3 is 2.30 bits per heavy atom. The molecule has 138 valence electrons. The van der Waals surface area contributed by atoms with Crippen LogP contribution in [-0.4, -0.2) is 14.3 Å². The van der Waals surface area contributed by atoms with Gasteiger partial charge in [-0.1, -0.05) is 35.9 Å². The predicted octanol–water partition coefficient (Wildman–Crippen LogP) is 4.70. The zero-order chi connectivity index (χ0) is 19.4. The molecule has 0 fully saturated rings. The van der Waals surface area contributed by atoms with E-state index in [2.05, 4.69) is 10.0 Å². The number of rotatable bonds is 5. The topological polar surface area (TPSA) is 75.3 Å². The van der Waals surface area contributed by atoms with Crippen LogP contribution in [0, 0.1) is 6.92 Å². The number of carbonyl (C=O) groups excluding carboxylic acids is 1. The third kappa shape index (κ3) is 4.67. The van der Waals surface area contributed by atoms with E-state index in [9.17, 15) is 13.2 Å². The highest BCUT2D eigenvalue weighted by Gasteiger charge is 2.16. The normalized spacial score (nSPS) is 11.0. The first-order valence-electron chi connectivity index (χ1n) is 8.10. The molecule has 0 atom stereocenters. The molecular formula is C20H17ClN2O3S. The number of nitrogens with one attached hydrogen (secondary N) is 2. The molecule has 0 aliphatic carbocycles. The van der Waals surface area contributed by atoms with Crippen molar-refractivity contribution in [2.24, 2.45) is 0 Å². The summed E-state index contributed by atoms with van der Waals surface area (Å²) in [5, 5.41) is 3.08. The van der Waals surface area contributed by atoms with E-state index in [4.69, 9.17) is 11.6 Å². The fraction of sp³-hybridized carbons (Fsp3) is 0.0500. The number of carbonyl (C=O) groups is 1. The molecule has 3 aromatic rings. The number of aryl methyl sites for hydroxylation is 1. The lowest BCUT2D eigenvalue weighted by molar-refractivity contribution is 0.102. The van der Waals surface area contributed by atoms with Crippen LogP contribution in [0.4, 0.5) is 11.4 Å². The van der Waals surface area contributed by atoms with E-state index in [0.717, 1.165) is 5.56 Å². The quantitative estimate of drug-likeness (QED) is 0.651. The van der Waals surface area contributed by atoms with Gasteiger partial charge < -0.3 is 5.32 Å². The molecule has 5 nitrogen and oxygen atoms in total. The first kappa shape index (κ1) is 18.9. The second-order valence-electron chi connectivity index (χ2n) is 5.93. The zero-order valence-corrected chi connectivity index (χ0v) is 16.0. The van der Waals surface area contributed by atoms with Crippen LogP contribution in [-0.2, 0) is 10.0 Å². The van der Waals surface area contributed by atoms with Crippen LogP contribution in [0.3, 0.4) is 0 Å². The highest BCUT2D eigenvalue weighted by molar-refractivity contribution is 7.92. The highest BCUT2D eigenvalue weighted by Crippen LogP contribution is 2.24. The molecular weight excluding hydrogens is 384 g/mol. The van der Waals surface area contributed by atoms with Gasteiger partial charge in [-0.15, -0.1) is 0 Å². The van der Waals surface area contributed by atoms with Gasteiger partial charge in [-0.2, -0.15) is 0 Å². The molecule has 0 heterocycles. The van der Waals surface area contributed by atoms with Gasteiger partial charge >= 0.3 is 0 Å². The summed E-state index contributed by atoms with van der Waals surface area (Å²) >= 11 is 5.99. The molecule has 0 aromatic heterocycles. The van der Waals surface area contributed by atoms with E-state index >= 15 is 0 Å². The smallest absolute Gasteiger partial charge is 0.261 e. The van der Waals surface area contributed by atoms with Gasteiger partial charge in [0.2, 0.25) is 0 Å². The van der Waals surface area contributed by atoms with Crippen molar-refractivity contribution in [2.45, 2.75) is 11.8 Å². The lowest BCUT2D eigenvalue weighted by atomic mass is 10.2. The third-order valence-corrected chi connectivity index (χ3v) is 5.53. The van der Waals surface area contributed by atoms with Gasteiger partial charge in [-0.3, -0.25) is 9.52 Å². The molecule has 1 amide bonds. The Morgan fingerprint density at radius 1 is 0.926 bits per heavy atom.